The van der Waals surface area contributed by atoms with Crippen LogP contribution in [-0.2, 0) is 11.3 Å². The van der Waals surface area contributed by atoms with E-state index < -0.39 is 11.9 Å². The number of carbonyl (C=O) groups is 2. The van der Waals surface area contributed by atoms with E-state index in [1.807, 2.05) is 0 Å². The molecule has 2 atom stereocenters. The summed E-state index contributed by atoms with van der Waals surface area (Å²) in [5.41, 5.74) is 0.700. The second kappa shape index (κ2) is 6.12. The molecular formula is C12H16N4O3. The predicted molar refractivity (Wildman–Crippen MR) is 66.2 cm³/mol. The summed E-state index contributed by atoms with van der Waals surface area (Å²) in [5, 5.41) is 14.4. The van der Waals surface area contributed by atoms with Crippen LogP contribution in [-0.4, -0.2) is 33.1 Å². The van der Waals surface area contributed by atoms with Gasteiger partial charge in [0, 0.05) is 12.2 Å². The third kappa shape index (κ3) is 3.64. The Bertz CT molecular complexity index is 452. The number of aliphatic carboxylic acids is 1. The smallest absolute Gasteiger partial charge is 0.315 e. The lowest BCUT2D eigenvalue weighted by atomic mass is 10.0. The van der Waals surface area contributed by atoms with Crippen molar-refractivity contribution in [3.63, 3.8) is 0 Å². The fraction of sp³-hybridized carbons (Fsp3) is 0.500. The Kier molecular flexibility index (Phi) is 4.27. The van der Waals surface area contributed by atoms with Gasteiger partial charge in [-0.25, -0.2) is 14.8 Å². The molecule has 2 amide bonds. The van der Waals surface area contributed by atoms with Gasteiger partial charge in [0.05, 0.1) is 18.2 Å². The highest BCUT2D eigenvalue weighted by molar-refractivity contribution is 5.76. The summed E-state index contributed by atoms with van der Waals surface area (Å²) in [6.07, 6.45) is 5.16. The molecule has 0 saturated heterocycles. The van der Waals surface area contributed by atoms with Gasteiger partial charge in [0.15, 0.2) is 0 Å². The van der Waals surface area contributed by atoms with E-state index >= 15 is 0 Å². The predicted octanol–water partition coefficient (Wildman–Crippen LogP) is 0.529. The molecule has 2 rings (SSSR count). The van der Waals surface area contributed by atoms with Gasteiger partial charge in [-0.2, -0.15) is 0 Å². The molecule has 102 valence electrons. The van der Waals surface area contributed by atoms with Crippen molar-refractivity contribution in [1.82, 2.24) is 20.6 Å². The molecule has 1 saturated carbocycles. The van der Waals surface area contributed by atoms with Crippen molar-refractivity contribution in [2.45, 2.75) is 31.8 Å². The maximum absolute atomic E-state index is 11.7. The minimum atomic E-state index is -0.849. The van der Waals surface area contributed by atoms with E-state index in [0.29, 0.717) is 25.1 Å². The molecular weight excluding hydrogens is 248 g/mol. The summed E-state index contributed by atoms with van der Waals surface area (Å²) >= 11 is 0. The first kappa shape index (κ1) is 13.3. The number of nitrogens with one attached hydrogen (secondary N) is 2. The van der Waals surface area contributed by atoms with E-state index in [-0.39, 0.29) is 12.1 Å². The summed E-state index contributed by atoms with van der Waals surface area (Å²) in [5.74, 6) is -1.33. The highest BCUT2D eigenvalue weighted by Crippen LogP contribution is 2.25. The molecule has 0 aromatic carbocycles. The van der Waals surface area contributed by atoms with Crippen LogP contribution in [0.25, 0.3) is 0 Å². The summed E-state index contributed by atoms with van der Waals surface area (Å²) in [4.78, 5) is 30.4. The van der Waals surface area contributed by atoms with Gasteiger partial charge in [-0.1, -0.05) is 6.42 Å². The van der Waals surface area contributed by atoms with Crippen molar-refractivity contribution in [2.24, 2.45) is 5.92 Å². The fourth-order valence-electron chi connectivity index (χ4n) is 2.24. The summed E-state index contributed by atoms with van der Waals surface area (Å²) in [6.45, 7) is 0.290. The van der Waals surface area contributed by atoms with Crippen molar-refractivity contribution in [2.75, 3.05) is 0 Å². The van der Waals surface area contributed by atoms with Crippen molar-refractivity contribution in [3.05, 3.63) is 24.3 Å². The topological polar surface area (TPSA) is 104 Å². The molecule has 0 aliphatic heterocycles. The minimum absolute atomic E-state index is 0.289. The molecule has 1 heterocycles. The van der Waals surface area contributed by atoms with Crippen molar-refractivity contribution >= 4 is 12.0 Å². The number of hydrogen-bond donors (Lipinski definition) is 3. The summed E-state index contributed by atoms with van der Waals surface area (Å²) in [7, 11) is 0. The number of carboxylic acids is 1. The van der Waals surface area contributed by atoms with E-state index in [1.54, 1.807) is 12.3 Å². The molecule has 2 unspecified atom stereocenters. The first-order valence-corrected chi connectivity index (χ1v) is 6.19. The van der Waals surface area contributed by atoms with Crippen LogP contribution < -0.4 is 10.6 Å². The van der Waals surface area contributed by atoms with Gasteiger partial charge in [-0.15, -0.1) is 0 Å². The average Bonchev–Trinajstić information content (AvgIpc) is 2.86. The normalized spacial score (nSPS) is 21.9. The molecule has 1 aliphatic rings. The molecule has 1 aromatic heterocycles. The number of carbonyl (C=O) groups excluding carboxylic acids is 1. The quantitative estimate of drug-likeness (QED) is 0.735. The first-order chi connectivity index (χ1) is 9.16. The van der Waals surface area contributed by atoms with Gasteiger partial charge in [-0.3, -0.25) is 4.79 Å². The Hall–Kier alpha value is -2.18. The Morgan fingerprint density at radius 3 is 2.95 bits per heavy atom. The zero-order chi connectivity index (χ0) is 13.7. The first-order valence-electron chi connectivity index (χ1n) is 6.19. The van der Waals surface area contributed by atoms with Crippen molar-refractivity contribution in [1.29, 1.82) is 0 Å². The molecule has 1 aromatic rings. The lowest BCUT2D eigenvalue weighted by Gasteiger charge is -2.17. The van der Waals surface area contributed by atoms with Crippen LogP contribution in [0, 0.1) is 5.92 Å². The zero-order valence-corrected chi connectivity index (χ0v) is 10.4. The number of carboxylic acid groups (broad SMARTS) is 1. The van der Waals surface area contributed by atoms with Crippen LogP contribution in [0.15, 0.2) is 18.6 Å². The largest absolute Gasteiger partial charge is 0.481 e. The Balaban J connectivity index is 1.80. The fourth-order valence-corrected chi connectivity index (χ4v) is 2.24. The Morgan fingerprint density at radius 1 is 1.42 bits per heavy atom. The molecule has 0 spiro atoms. The van der Waals surface area contributed by atoms with Crippen LogP contribution in [0.4, 0.5) is 4.79 Å². The minimum Gasteiger partial charge on any atom is -0.481 e. The van der Waals surface area contributed by atoms with Gasteiger partial charge >= 0.3 is 12.0 Å². The lowest BCUT2D eigenvalue weighted by Crippen LogP contribution is -2.45. The molecule has 7 heteroatoms. The number of rotatable bonds is 4. The lowest BCUT2D eigenvalue weighted by molar-refractivity contribution is -0.142. The highest BCUT2D eigenvalue weighted by Gasteiger charge is 2.33. The average molecular weight is 264 g/mol. The van der Waals surface area contributed by atoms with Crippen LogP contribution in [0.3, 0.4) is 0 Å². The molecule has 0 bridgehead atoms. The Morgan fingerprint density at radius 2 is 2.26 bits per heavy atom. The molecule has 19 heavy (non-hydrogen) atoms. The monoisotopic (exact) mass is 264 g/mol. The van der Waals surface area contributed by atoms with Crippen molar-refractivity contribution < 1.29 is 14.7 Å². The SMILES string of the molecule is O=C(NCc1ccncn1)NC1CCCC1C(=O)O. The maximum atomic E-state index is 11.7. The van der Waals surface area contributed by atoms with Crippen LogP contribution in [0.5, 0.6) is 0 Å². The van der Waals surface area contributed by atoms with E-state index in [4.69, 9.17) is 5.11 Å². The second-order valence-electron chi connectivity index (χ2n) is 4.51. The number of urea groups is 1. The van der Waals surface area contributed by atoms with Crippen LogP contribution in [0.1, 0.15) is 25.0 Å². The number of amides is 2. The third-order valence-corrected chi connectivity index (χ3v) is 3.22. The maximum Gasteiger partial charge on any atom is 0.315 e. The number of hydrogen-bond acceptors (Lipinski definition) is 4. The summed E-state index contributed by atoms with van der Waals surface area (Å²) in [6, 6.07) is 1.05. The second-order valence-corrected chi connectivity index (χ2v) is 4.51. The number of nitrogens with zero attached hydrogens (tertiary/aromatic N) is 2. The highest BCUT2D eigenvalue weighted by atomic mass is 16.4. The van der Waals surface area contributed by atoms with E-state index in [1.165, 1.54) is 6.33 Å². The number of aromatic nitrogens is 2. The third-order valence-electron chi connectivity index (χ3n) is 3.22. The molecule has 7 nitrogen and oxygen atoms in total. The van der Waals surface area contributed by atoms with Gasteiger partial charge in [0.1, 0.15) is 6.33 Å². The summed E-state index contributed by atoms with van der Waals surface area (Å²) < 4.78 is 0. The van der Waals surface area contributed by atoms with Crippen LogP contribution in [0.2, 0.25) is 0 Å². The van der Waals surface area contributed by atoms with Gasteiger partial charge in [0.25, 0.3) is 0 Å². The van der Waals surface area contributed by atoms with Gasteiger partial charge in [-0.05, 0) is 18.9 Å². The zero-order valence-electron chi connectivity index (χ0n) is 10.4. The van der Waals surface area contributed by atoms with E-state index in [2.05, 4.69) is 20.6 Å². The van der Waals surface area contributed by atoms with Crippen LogP contribution >= 0.6 is 0 Å². The Labute approximate surface area is 110 Å². The van der Waals surface area contributed by atoms with E-state index in [0.717, 1.165) is 6.42 Å². The van der Waals surface area contributed by atoms with Crippen molar-refractivity contribution in [3.8, 4) is 0 Å². The van der Waals surface area contributed by atoms with Gasteiger partial charge < -0.3 is 15.7 Å². The molecule has 1 aliphatic carbocycles. The molecule has 1 fully saturated rings. The molecule has 3 N–H and O–H groups in total. The van der Waals surface area contributed by atoms with E-state index in [9.17, 15) is 9.59 Å². The standard InChI is InChI=1S/C12H16N4O3/c17-11(18)9-2-1-3-10(9)16-12(19)14-6-8-4-5-13-7-15-8/h4-5,7,9-10H,1-3,6H2,(H,17,18)(H2,14,16,19). The molecule has 0 radical (unpaired) electrons. The van der Waals surface area contributed by atoms with Gasteiger partial charge in [0.2, 0.25) is 0 Å².